The Hall–Kier alpha value is -2.27. The van der Waals surface area contributed by atoms with Crippen molar-refractivity contribution in [1.82, 2.24) is 10.2 Å². The van der Waals surface area contributed by atoms with Gasteiger partial charge in [0.1, 0.15) is 0 Å². The number of benzene rings is 1. The third-order valence-corrected chi connectivity index (χ3v) is 4.50. The SMILES string of the molecule is CCNc1nnc(SCC(=O)Nc2ccc(F)c([N+](=O)[O-])c2)s1. The molecule has 0 saturated heterocycles. The maximum Gasteiger partial charge on any atom is 0.306 e. The van der Waals surface area contributed by atoms with Crippen LogP contribution in [-0.4, -0.2) is 33.3 Å². The highest BCUT2D eigenvalue weighted by Crippen LogP contribution is 2.26. The van der Waals surface area contributed by atoms with Crippen molar-refractivity contribution < 1.29 is 14.1 Å². The van der Waals surface area contributed by atoms with Crippen LogP contribution in [0.15, 0.2) is 22.5 Å². The van der Waals surface area contributed by atoms with Crippen LogP contribution in [0, 0.1) is 15.9 Å². The molecular formula is C12H12FN5O3S2. The van der Waals surface area contributed by atoms with E-state index in [1.165, 1.54) is 29.2 Å². The number of hydrogen-bond acceptors (Lipinski definition) is 8. The van der Waals surface area contributed by atoms with E-state index in [1.54, 1.807) is 0 Å². The van der Waals surface area contributed by atoms with E-state index in [0.29, 0.717) is 9.47 Å². The Morgan fingerprint density at radius 1 is 1.48 bits per heavy atom. The summed E-state index contributed by atoms with van der Waals surface area (Å²) in [4.78, 5) is 21.6. The summed E-state index contributed by atoms with van der Waals surface area (Å²) in [6, 6.07) is 3.18. The number of nitrogens with one attached hydrogen (secondary N) is 2. The van der Waals surface area contributed by atoms with Gasteiger partial charge in [-0.05, 0) is 19.1 Å². The van der Waals surface area contributed by atoms with E-state index in [9.17, 15) is 19.3 Å². The van der Waals surface area contributed by atoms with Crippen LogP contribution < -0.4 is 10.6 Å². The van der Waals surface area contributed by atoms with Gasteiger partial charge in [-0.25, -0.2) is 0 Å². The van der Waals surface area contributed by atoms with Crippen LogP contribution in [0.1, 0.15) is 6.92 Å². The van der Waals surface area contributed by atoms with E-state index < -0.39 is 16.4 Å². The first kappa shape index (κ1) is 17.1. The van der Waals surface area contributed by atoms with Crippen LogP contribution in [0.2, 0.25) is 0 Å². The number of amides is 1. The fourth-order valence-electron chi connectivity index (χ4n) is 1.55. The number of anilines is 2. The van der Waals surface area contributed by atoms with Crippen molar-refractivity contribution in [3.63, 3.8) is 0 Å². The molecule has 0 saturated carbocycles. The largest absolute Gasteiger partial charge is 0.360 e. The molecule has 11 heteroatoms. The third kappa shape index (κ3) is 4.86. The molecule has 0 spiro atoms. The summed E-state index contributed by atoms with van der Waals surface area (Å²) in [6.45, 7) is 2.66. The molecule has 0 fully saturated rings. The topological polar surface area (TPSA) is 110 Å². The Bertz CT molecular complexity index is 724. The van der Waals surface area contributed by atoms with Crippen LogP contribution in [0.25, 0.3) is 0 Å². The number of thioether (sulfide) groups is 1. The van der Waals surface area contributed by atoms with Gasteiger partial charge in [-0.1, -0.05) is 23.1 Å². The Morgan fingerprint density at radius 2 is 2.26 bits per heavy atom. The normalized spacial score (nSPS) is 10.3. The maximum atomic E-state index is 13.2. The number of halogens is 1. The second kappa shape index (κ2) is 7.83. The molecule has 2 rings (SSSR count). The van der Waals surface area contributed by atoms with Crippen LogP contribution >= 0.6 is 23.1 Å². The van der Waals surface area contributed by atoms with Gasteiger partial charge in [-0.3, -0.25) is 14.9 Å². The second-order valence-electron chi connectivity index (χ2n) is 4.16. The van der Waals surface area contributed by atoms with Gasteiger partial charge in [-0.2, -0.15) is 4.39 Å². The van der Waals surface area contributed by atoms with E-state index >= 15 is 0 Å². The lowest BCUT2D eigenvalue weighted by Crippen LogP contribution is -2.14. The molecule has 0 atom stereocenters. The van der Waals surface area contributed by atoms with Crippen molar-refractivity contribution in [2.24, 2.45) is 0 Å². The number of aromatic nitrogens is 2. The number of nitrogens with zero attached hydrogens (tertiary/aromatic N) is 3. The summed E-state index contributed by atoms with van der Waals surface area (Å²) < 4.78 is 13.8. The van der Waals surface area contributed by atoms with Crippen LogP contribution in [0.4, 0.5) is 20.9 Å². The molecule has 2 aromatic rings. The van der Waals surface area contributed by atoms with E-state index in [-0.39, 0.29) is 17.3 Å². The van der Waals surface area contributed by atoms with Gasteiger partial charge in [0.05, 0.1) is 10.7 Å². The van der Waals surface area contributed by atoms with E-state index in [4.69, 9.17) is 0 Å². The van der Waals surface area contributed by atoms with E-state index in [1.807, 2.05) is 6.92 Å². The minimum absolute atomic E-state index is 0.0614. The van der Waals surface area contributed by atoms with Gasteiger partial charge >= 0.3 is 5.69 Å². The Morgan fingerprint density at radius 3 is 2.96 bits per heavy atom. The lowest BCUT2D eigenvalue weighted by molar-refractivity contribution is -0.387. The van der Waals surface area contributed by atoms with Crippen molar-refractivity contribution in [3.8, 4) is 0 Å². The van der Waals surface area contributed by atoms with Crippen LogP contribution in [0.5, 0.6) is 0 Å². The average Bonchev–Trinajstić information content (AvgIpc) is 2.95. The van der Waals surface area contributed by atoms with Gasteiger partial charge in [0, 0.05) is 18.3 Å². The minimum Gasteiger partial charge on any atom is -0.360 e. The fraction of sp³-hybridized carbons (Fsp3) is 0.250. The molecule has 0 aliphatic heterocycles. The molecule has 0 bridgehead atoms. The maximum absolute atomic E-state index is 13.2. The highest BCUT2D eigenvalue weighted by Gasteiger charge is 2.15. The van der Waals surface area contributed by atoms with Crippen LogP contribution in [0.3, 0.4) is 0 Å². The molecule has 0 aliphatic rings. The summed E-state index contributed by atoms with van der Waals surface area (Å²) in [5.41, 5.74) is -0.524. The molecular weight excluding hydrogens is 345 g/mol. The highest BCUT2D eigenvalue weighted by molar-refractivity contribution is 8.01. The average molecular weight is 357 g/mol. The number of carbonyl (C=O) groups excluding carboxylic acids is 1. The molecule has 1 aromatic heterocycles. The van der Waals surface area contributed by atoms with Crippen LogP contribution in [-0.2, 0) is 4.79 Å². The predicted molar refractivity (Wildman–Crippen MR) is 86.5 cm³/mol. The summed E-state index contributed by atoms with van der Waals surface area (Å²) in [6.07, 6.45) is 0. The van der Waals surface area contributed by atoms with Gasteiger partial charge in [0.15, 0.2) is 4.34 Å². The number of carbonyl (C=O) groups is 1. The molecule has 8 nitrogen and oxygen atoms in total. The summed E-state index contributed by atoms with van der Waals surface area (Å²) in [5, 5.41) is 24.6. The smallest absolute Gasteiger partial charge is 0.306 e. The molecule has 0 aliphatic carbocycles. The third-order valence-electron chi connectivity index (χ3n) is 2.49. The van der Waals surface area contributed by atoms with Gasteiger partial charge < -0.3 is 10.6 Å². The minimum atomic E-state index is -0.952. The number of hydrogen-bond donors (Lipinski definition) is 2. The first-order valence-corrected chi connectivity index (χ1v) is 8.23. The monoisotopic (exact) mass is 357 g/mol. The molecule has 0 unspecified atom stereocenters. The lowest BCUT2D eigenvalue weighted by Gasteiger charge is -2.04. The Kier molecular flexibility index (Phi) is 5.82. The molecule has 1 aromatic carbocycles. The molecule has 23 heavy (non-hydrogen) atoms. The zero-order valence-electron chi connectivity index (χ0n) is 11.9. The lowest BCUT2D eigenvalue weighted by atomic mass is 10.2. The number of nitro benzene ring substituents is 1. The van der Waals surface area contributed by atoms with E-state index in [0.717, 1.165) is 18.7 Å². The zero-order valence-corrected chi connectivity index (χ0v) is 13.5. The quantitative estimate of drug-likeness (QED) is 0.445. The number of nitro groups is 1. The first-order chi connectivity index (χ1) is 11.0. The summed E-state index contributed by atoms with van der Waals surface area (Å²) >= 11 is 2.52. The van der Waals surface area contributed by atoms with Crippen molar-refractivity contribution in [2.45, 2.75) is 11.3 Å². The molecule has 0 radical (unpaired) electrons. The van der Waals surface area contributed by atoms with E-state index in [2.05, 4.69) is 20.8 Å². The summed E-state index contributed by atoms with van der Waals surface area (Å²) in [7, 11) is 0. The van der Waals surface area contributed by atoms with Gasteiger partial charge in [0.2, 0.25) is 16.9 Å². The van der Waals surface area contributed by atoms with Crippen molar-refractivity contribution in [3.05, 3.63) is 34.1 Å². The van der Waals surface area contributed by atoms with Gasteiger partial charge in [0.25, 0.3) is 0 Å². The summed E-state index contributed by atoms with van der Waals surface area (Å²) in [5.74, 6) is -1.27. The standard InChI is InChI=1S/C12H12FN5O3S2/c1-2-14-11-16-17-12(23-11)22-6-10(19)15-7-3-4-8(13)9(5-7)18(20)21/h3-5H,2,6H2,1H3,(H,14,16)(H,15,19). The Balaban J connectivity index is 1.91. The first-order valence-electron chi connectivity index (χ1n) is 6.43. The fourth-order valence-corrected chi connectivity index (χ4v) is 3.17. The van der Waals surface area contributed by atoms with Crippen molar-refractivity contribution in [1.29, 1.82) is 0 Å². The molecule has 122 valence electrons. The molecule has 1 heterocycles. The Labute approximate surface area is 138 Å². The molecule has 2 N–H and O–H groups in total. The predicted octanol–water partition coefficient (Wildman–Crippen LogP) is 2.75. The van der Waals surface area contributed by atoms with Crippen molar-refractivity contribution in [2.75, 3.05) is 22.9 Å². The number of rotatable bonds is 7. The van der Waals surface area contributed by atoms with Crippen molar-refractivity contribution >= 4 is 45.5 Å². The highest BCUT2D eigenvalue weighted by atomic mass is 32.2. The molecule has 1 amide bonds. The van der Waals surface area contributed by atoms with Gasteiger partial charge in [-0.15, -0.1) is 10.2 Å². The second-order valence-corrected chi connectivity index (χ2v) is 6.36. The zero-order chi connectivity index (χ0) is 16.8.